The van der Waals surface area contributed by atoms with Crippen molar-refractivity contribution in [2.75, 3.05) is 0 Å². The van der Waals surface area contributed by atoms with Crippen molar-refractivity contribution in [2.45, 2.75) is 57.8 Å². The molecule has 0 saturated heterocycles. The minimum atomic E-state index is -4.52. The van der Waals surface area contributed by atoms with Gasteiger partial charge in [-0.3, -0.25) is 0 Å². The molecule has 0 unspecified atom stereocenters. The van der Waals surface area contributed by atoms with E-state index < -0.39 is 10.1 Å². The summed E-state index contributed by atoms with van der Waals surface area (Å²) in [5.41, 5.74) is 1.69. The Morgan fingerprint density at radius 2 is 1.71 bits per heavy atom. The molecule has 126 valence electrons. The van der Waals surface area contributed by atoms with Gasteiger partial charge in [0.1, 0.15) is 10.1 Å². The third-order valence-corrected chi connectivity index (χ3v) is 5.19. The fraction of sp³-hybridized carbons (Fsp3) is 0.474. The summed E-state index contributed by atoms with van der Waals surface area (Å²) in [5, 5.41) is 1.37. The van der Waals surface area contributed by atoms with E-state index >= 15 is 0 Å². The van der Waals surface area contributed by atoms with Gasteiger partial charge in [-0.15, -0.1) is 0 Å². The average molecular weight is 356 g/mol. The van der Waals surface area contributed by atoms with Crippen LogP contribution in [0.1, 0.15) is 57.6 Å². The van der Waals surface area contributed by atoms with E-state index in [2.05, 4.69) is 13.8 Å². The molecule has 2 aromatic carbocycles. The predicted molar refractivity (Wildman–Crippen MR) is 93.8 cm³/mol. The Hall–Kier alpha value is -0.390. The first-order valence-corrected chi connectivity index (χ1v) is 9.63. The van der Waals surface area contributed by atoms with Crippen LogP contribution in [0.15, 0.2) is 35.2 Å². The van der Waals surface area contributed by atoms with Crippen molar-refractivity contribution in [3.05, 3.63) is 41.5 Å². The average Bonchev–Trinajstić information content (AvgIpc) is 2.44. The van der Waals surface area contributed by atoms with Crippen LogP contribution >= 0.6 is 0 Å². The van der Waals surface area contributed by atoms with Gasteiger partial charge in [-0.25, -0.2) is 8.42 Å². The molecule has 0 N–H and O–H groups in total. The smallest absolute Gasteiger partial charge is 0.744 e. The molecule has 2 aromatic rings. The van der Waals surface area contributed by atoms with Crippen LogP contribution in [-0.4, -0.2) is 13.0 Å². The van der Waals surface area contributed by atoms with Gasteiger partial charge in [0.25, 0.3) is 0 Å². The number of hydrogen-bond acceptors (Lipinski definition) is 3. The molecular formula is C19H25NaO3S. The predicted octanol–water partition coefficient (Wildman–Crippen LogP) is 1.85. The Morgan fingerprint density at radius 3 is 2.25 bits per heavy atom. The summed E-state index contributed by atoms with van der Waals surface area (Å²) >= 11 is 0. The Balaban J connectivity index is 0.00000288. The number of rotatable bonds is 6. The summed E-state index contributed by atoms with van der Waals surface area (Å²) in [4.78, 5) is -0.0111. The molecule has 0 heterocycles. The molecule has 0 aliphatic rings. The quantitative estimate of drug-likeness (QED) is 0.586. The first-order chi connectivity index (χ1) is 10.7. The van der Waals surface area contributed by atoms with Gasteiger partial charge in [0.2, 0.25) is 0 Å². The molecule has 0 aliphatic heterocycles. The SMILES string of the molecule is CC(C)CCCc1c(C(C)C)cc2ccccc2c1S(=O)(=O)[O-].[Na+]. The Bertz CT molecular complexity index is 796. The van der Waals surface area contributed by atoms with Crippen molar-refractivity contribution < 1.29 is 42.5 Å². The van der Waals surface area contributed by atoms with Crippen LogP contribution in [0.25, 0.3) is 10.8 Å². The van der Waals surface area contributed by atoms with Crippen LogP contribution in [0.4, 0.5) is 0 Å². The van der Waals surface area contributed by atoms with Crippen molar-refractivity contribution in [1.82, 2.24) is 0 Å². The summed E-state index contributed by atoms with van der Waals surface area (Å²) in [5.74, 6) is 0.736. The van der Waals surface area contributed by atoms with Crippen LogP contribution in [0.2, 0.25) is 0 Å². The minimum absolute atomic E-state index is 0. The summed E-state index contributed by atoms with van der Waals surface area (Å²) in [6.07, 6.45) is 2.54. The van der Waals surface area contributed by atoms with Crippen LogP contribution in [0, 0.1) is 5.92 Å². The molecule has 0 radical (unpaired) electrons. The van der Waals surface area contributed by atoms with E-state index in [9.17, 15) is 13.0 Å². The molecule has 0 fully saturated rings. The monoisotopic (exact) mass is 356 g/mol. The van der Waals surface area contributed by atoms with E-state index in [1.807, 2.05) is 32.0 Å². The van der Waals surface area contributed by atoms with Gasteiger partial charge in [-0.2, -0.15) is 0 Å². The maximum atomic E-state index is 12.0. The topological polar surface area (TPSA) is 57.2 Å². The second kappa shape index (κ2) is 8.81. The number of benzene rings is 2. The molecule has 0 bridgehead atoms. The zero-order valence-electron chi connectivity index (χ0n) is 15.3. The molecule has 24 heavy (non-hydrogen) atoms. The maximum Gasteiger partial charge on any atom is 1.00 e. The molecule has 0 saturated carbocycles. The molecule has 3 nitrogen and oxygen atoms in total. The van der Waals surface area contributed by atoms with E-state index in [1.165, 1.54) is 0 Å². The van der Waals surface area contributed by atoms with Gasteiger partial charge < -0.3 is 4.55 Å². The number of hydrogen-bond donors (Lipinski definition) is 0. The first kappa shape index (κ1) is 21.7. The van der Waals surface area contributed by atoms with Gasteiger partial charge >= 0.3 is 29.6 Å². The molecule has 0 aliphatic carbocycles. The van der Waals surface area contributed by atoms with Crippen LogP contribution in [0.5, 0.6) is 0 Å². The summed E-state index contributed by atoms with van der Waals surface area (Å²) in [7, 11) is -4.52. The maximum absolute atomic E-state index is 12.0. The summed E-state index contributed by atoms with van der Waals surface area (Å²) in [6, 6.07) is 9.29. The molecular weight excluding hydrogens is 331 g/mol. The van der Waals surface area contributed by atoms with Gasteiger partial charge in [0.05, 0.1) is 4.90 Å². The van der Waals surface area contributed by atoms with Gasteiger partial charge in [-0.1, -0.05) is 64.4 Å². The molecule has 0 atom stereocenters. The first-order valence-electron chi connectivity index (χ1n) is 8.22. The normalized spacial score (nSPS) is 12.0. The zero-order valence-corrected chi connectivity index (χ0v) is 18.1. The molecule has 2 rings (SSSR count). The third-order valence-electron chi connectivity index (χ3n) is 4.22. The van der Waals surface area contributed by atoms with E-state index in [4.69, 9.17) is 0 Å². The molecule has 0 aromatic heterocycles. The molecule has 0 spiro atoms. The largest absolute Gasteiger partial charge is 1.00 e. The van der Waals surface area contributed by atoms with E-state index in [0.29, 0.717) is 23.3 Å². The van der Waals surface area contributed by atoms with Crippen molar-refractivity contribution in [3.63, 3.8) is 0 Å². The molecule has 5 heteroatoms. The fourth-order valence-electron chi connectivity index (χ4n) is 3.12. The van der Waals surface area contributed by atoms with E-state index in [-0.39, 0.29) is 40.4 Å². The third kappa shape index (κ3) is 5.06. The van der Waals surface area contributed by atoms with E-state index in [1.54, 1.807) is 12.1 Å². The molecule has 0 amide bonds. The zero-order chi connectivity index (χ0) is 17.2. The standard InChI is InChI=1S/C19H26O3S.Na/c1-13(2)8-7-11-17-18(14(3)4)12-15-9-5-6-10-16(15)19(17)23(20,21)22;/h5-6,9-10,12-14H,7-8,11H2,1-4H3,(H,20,21,22);/q;+1/p-1. The van der Waals surface area contributed by atoms with Gasteiger partial charge in [-0.05, 0) is 46.6 Å². The van der Waals surface area contributed by atoms with Crippen molar-refractivity contribution >= 4 is 20.9 Å². The van der Waals surface area contributed by atoms with E-state index in [0.717, 1.165) is 23.8 Å². The Labute approximate surface area is 167 Å². The minimum Gasteiger partial charge on any atom is -0.744 e. The fourth-order valence-corrected chi connectivity index (χ4v) is 4.10. The Morgan fingerprint density at radius 1 is 1.08 bits per heavy atom. The van der Waals surface area contributed by atoms with Crippen LogP contribution < -0.4 is 29.6 Å². The summed E-state index contributed by atoms with van der Waals surface area (Å²) in [6.45, 7) is 8.37. The van der Waals surface area contributed by atoms with Gasteiger partial charge in [0, 0.05) is 0 Å². The van der Waals surface area contributed by atoms with Crippen molar-refractivity contribution in [1.29, 1.82) is 0 Å². The second-order valence-electron chi connectivity index (χ2n) is 6.89. The second-order valence-corrected chi connectivity index (χ2v) is 8.21. The van der Waals surface area contributed by atoms with Crippen LogP contribution in [-0.2, 0) is 16.5 Å². The van der Waals surface area contributed by atoms with Crippen LogP contribution in [0.3, 0.4) is 0 Å². The summed E-state index contributed by atoms with van der Waals surface area (Å²) < 4.78 is 36.0. The Kier molecular flexibility index (Phi) is 7.95. The van der Waals surface area contributed by atoms with Crippen molar-refractivity contribution in [3.8, 4) is 0 Å². The van der Waals surface area contributed by atoms with Gasteiger partial charge in [0.15, 0.2) is 0 Å². The number of fused-ring (bicyclic) bond motifs is 1. The van der Waals surface area contributed by atoms with Crippen molar-refractivity contribution in [2.24, 2.45) is 5.92 Å².